The van der Waals surface area contributed by atoms with Gasteiger partial charge in [-0.05, 0) is 30.3 Å². The van der Waals surface area contributed by atoms with Crippen LogP contribution in [0.1, 0.15) is 27.1 Å². The van der Waals surface area contributed by atoms with E-state index in [0.717, 1.165) is 0 Å². The summed E-state index contributed by atoms with van der Waals surface area (Å²) in [5, 5.41) is 10.6. The van der Waals surface area contributed by atoms with Crippen LogP contribution in [0, 0.1) is 10.1 Å². The van der Waals surface area contributed by atoms with Crippen molar-refractivity contribution in [1.82, 2.24) is 0 Å². The number of nitrogens with zero attached hydrogens (tertiary/aromatic N) is 1. The third-order valence-corrected chi connectivity index (χ3v) is 3.31. The quantitative estimate of drug-likeness (QED) is 0.320. The molecule has 2 aromatic rings. The molecule has 0 aliphatic carbocycles. The highest BCUT2D eigenvalue weighted by Gasteiger charge is 2.11. The third-order valence-electron chi connectivity index (χ3n) is 3.31. The Bertz CT molecular complexity index is 754. The van der Waals surface area contributed by atoms with Crippen LogP contribution in [0.5, 0.6) is 11.5 Å². The molecule has 0 atom stereocenters. The first-order valence-corrected chi connectivity index (χ1v) is 7.09. The standard InChI is InChI=1S/C17H15NO6/c1-23-17-10-12(11-19)2-7-16(17)24-9-8-15(20)13-3-5-14(6-4-13)18(21)22/h2-7,10-11H,8-9H2,1H3. The molecule has 0 spiro atoms. The molecule has 0 N–H and O–H groups in total. The smallest absolute Gasteiger partial charge is 0.269 e. The number of nitro benzene ring substituents is 1. The third kappa shape index (κ3) is 4.16. The highest BCUT2D eigenvalue weighted by Crippen LogP contribution is 2.27. The van der Waals surface area contributed by atoms with Gasteiger partial charge in [-0.2, -0.15) is 0 Å². The van der Waals surface area contributed by atoms with E-state index in [2.05, 4.69) is 0 Å². The van der Waals surface area contributed by atoms with Gasteiger partial charge in [0.1, 0.15) is 6.29 Å². The molecule has 7 heteroatoms. The van der Waals surface area contributed by atoms with Crippen LogP contribution in [-0.2, 0) is 0 Å². The van der Waals surface area contributed by atoms with Gasteiger partial charge in [-0.15, -0.1) is 0 Å². The van der Waals surface area contributed by atoms with Gasteiger partial charge in [-0.1, -0.05) is 0 Å². The molecular formula is C17H15NO6. The Morgan fingerprint density at radius 3 is 2.46 bits per heavy atom. The molecule has 2 aromatic carbocycles. The van der Waals surface area contributed by atoms with Crippen LogP contribution in [0.25, 0.3) is 0 Å². The monoisotopic (exact) mass is 329 g/mol. The van der Waals surface area contributed by atoms with Gasteiger partial charge >= 0.3 is 0 Å². The molecule has 0 unspecified atom stereocenters. The van der Waals surface area contributed by atoms with Gasteiger partial charge in [0.2, 0.25) is 0 Å². The number of aldehydes is 1. The van der Waals surface area contributed by atoms with Crippen molar-refractivity contribution >= 4 is 17.8 Å². The van der Waals surface area contributed by atoms with Crippen molar-refractivity contribution in [3.63, 3.8) is 0 Å². The predicted octanol–water partition coefficient (Wildman–Crippen LogP) is 3.07. The second-order valence-corrected chi connectivity index (χ2v) is 4.85. The number of carbonyl (C=O) groups excluding carboxylic acids is 2. The van der Waals surface area contributed by atoms with Gasteiger partial charge in [0, 0.05) is 29.7 Å². The van der Waals surface area contributed by atoms with Crippen LogP contribution in [0.4, 0.5) is 5.69 Å². The Morgan fingerprint density at radius 2 is 1.88 bits per heavy atom. The molecule has 0 radical (unpaired) electrons. The molecule has 0 aliphatic rings. The topological polar surface area (TPSA) is 95.7 Å². The Hall–Kier alpha value is -3.22. The molecule has 0 amide bonds. The lowest BCUT2D eigenvalue weighted by molar-refractivity contribution is -0.384. The van der Waals surface area contributed by atoms with Gasteiger partial charge in [0.25, 0.3) is 5.69 Å². The zero-order valence-electron chi connectivity index (χ0n) is 12.9. The second kappa shape index (κ2) is 7.87. The number of hydrogen-bond donors (Lipinski definition) is 0. The largest absolute Gasteiger partial charge is 0.493 e. The minimum Gasteiger partial charge on any atom is -0.493 e. The zero-order valence-corrected chi connectivity index (χ0v) is 12.9. The van der Waals surface area contributed by atoms with Crippen LogP contribution < -0.4 is 9.47 Å². The number of ether oxygens (including phenoxy) is 2. The summed E-state index contributed by atoms with van der Waals surface area (Å²) in [4.78, 5) is 32.8. The van der Waals surface area contributed by atoms with E-state index >= 15 is 0 Å². The first kappa shape index (κ1) is 17.1. The number of carbonyl (C=O) groups is 2. The molecule has 0 aromatic heterocycles. The molecule has 2 rings (SSSR count). The molecule has 124 valence electrons. The van der Waals surface area contributed by atoms with Gasteiger partial charge in [-0.3, -0.25) is 19.7 Å². The number of rotatable bonds is 8. The van der Waals surface area contributed by atoms with Gasteiger partial charge in [0.05, 0.1) is 18.6 Å². The number of benzene rings is 2. The van der Waals surface area contributed by atoms with E-state index in [1.54, 1.807) is 18.2 Å². The van der Waals surface area contributed by atoms with Crippen molar-refractivity contribution in [3.05, 3.63) is 63.7 Å². The van der Waals surface area contributed by atoms with Crippen molar-refractivity contribution in [2.75, 3.05) is 13.7 Å². The zero-order chi connectivity index (χ0) is 17.5. The van der Waals surface area contributed by atoms with E-state index in [1.165, 1.54) is 31.4 Å². The fourth-order valence-corrected chi connectivity index (χ4v) is 2.04. The number of ketones is 1. The Labute approximate surface area is 138 Å². The van der Waals surface area contributed by atoms with E-state index in [9.17, 15) is 19.7 Å². The second-order valence-electron chi connectivity index (χ2n) is 4.85. The average molecular weight is 329 g/mol. The Kier molecular flexibility index (Phi) is 5.62. The number of Topliss-reactive ketones (excluding diaryl/α,β-unsaturated/α-hetero) is 1. The van der Waals surface area contributed by atoms with Crippen molar-refractivity contribution in [2.24, 2.45) is 0 Å². The minimum atomic E-state index is -0.521. The molecule has 0 aliphatic heterocycles. The molecule has 0 saturated heterocycles. The van der Waals surface area contributed by atoms with E-state index in [4.69, 9.17) is 9.47 Å². The molecule has 24 heavy (non-hydrogen) atoms. The van der Waals surface area contributed by atoms with E-state index < -0.39 is 4.92 Å². The Balaban J connectivity index is 1.95. The van der Waals surface area contributed by atoms with Crippen LogP contribution in [0.15, 0.2) is 42.5 Å². The van der Waals surface area contributed by atoms with Crippen LogP contribution in [-0.4, -0.2) is 30.7 Å². The average Bonchev–Trinajstić information content (AvgIpc) is 2.61. The summed E-state index contributed by atoms with van der Waals surface area (Å²) in [6, 6.07) is 10.1. The van der Waals surface area contributed by atoms with Crippen molar-refractivity contribution in [3.8, 4) is 11.5 Å². The van der Waals surface area contributed by atoms with Gasteiger partial charge in [-0.25, -0.2) is 0 Å². The number of methoxy groups -OCH3 is 1. The summed E-state index contributed by atoms with van der Waals surface area (Å²) < 4.78 is 10.6. The summed E-state index contributed by atoms with van der Waals surface area (Å²) in [7, 11) is 1.46. The summed E-state index contributed by atoms with van der Waals surface area (Å²) in [6.45, 7) is 0.118. The van der Waals surface area contributed by atoms with Crippen molar-refractivity contribution in [2.45, 2.75) is 6.42 Å². The summed E-state index contributed by atoms with van der Waals surface area (Å²) in [5.41, 5.74) is 0.774. The normalized spacial score (nSPS) is 10.0. The lowest BCUT2D eigenvalue weighted by Crippen LogP contribution is -2.07. The maximum absolute atomic E-state index is 12.0. The predicted molar refractivity (Wildman–Crippen MR) is 85.9 cm³/mol. The van der Waals surface area contributed by atoms with Crippen molar-refractivity contribution < 1.29 is 24.0 Å². The lowest BCUT2D eigenvalue weighted by Gasteiger charge is -2.10. The number of nitro groups is 1. The first-order valence-electron chi connectivity index (χ1n) is 7.09. The molecular weight excluding hydrogens is 314 g/mol. The van der Waals surface area contributed by atoms with Gasteiger partial charge in [0.15, 0.2) is 17.3 Å². The van der Waals surface area contributed by atoms with Crippen LogP contribution in [0.3, 0.4) is 0 Å². The van der Waals surface area contributed by atoms with Crippen LogP contribution in [0.2, 0.25) is 0 Å². The molecule has 0 fully saturated rings. The molecule has 0 heterocycles. The summed E-state index contributed by atoms with van der Waals surface area (Å²) in [6.07, 6.45) is 0.806. The molecule has 7 nitrogen and oxygen atoms in total. The maximum Gasteiger partial charge on any atom is 0.269 e. The fraction of sp³-hybridized carbons (Fsp3) is 0.176. The van der Waals surface area contributed by atoms with E-state index in [0.29, 0.717) is 28.9 Å². The highest BCUT2D eigenvalue weighted by molar-refractivity contribution is 5.96. The van der Waals surface area contributed by atoms with E-state index in [-0.39, 0.29) is 24.5 Å². The minimum absolute atomic E-state index is 0.0668. The summed E-state index contributed by atoms with van der Waals surface area (Å²) in [5.74, 6) is 0.648. The molecule has 0 bridgehead atoms. The van der Waals surface area contributed by atoms with Crippen LogP contribution >= 0.6 is 0 Å². The fourth-order valence-electron chi connectivity index (χ4n) is 2.04. The lowest BCUT2D eigenvalue weighted by atomic mass is 10.1. The van der Waals surface area contributed by atoms with Gasteiger partial charge < -0.3 is 9.47 Å². The highest BCUT2D eigenvalue weighted by atomic mass is 16.6. The van der Waals surface area contributed by atoms with Crippen molar-refractivity contribution in [1.29, 1.82) is 0 Å². The molecule has 0 saturated carbocycles. The maximum atomic E-state index is 12.0. The first-order chi connectivity index (χ1) is 11.5. The number of hydrogen-bond acceptors (Lipinski definition) is 6. The Morgan fingerprint density at radius 1 is 1.17 bits per heavy atom. The summed E-state index contributed by atoms with van der Waals surface area (Å²) >= 11 is 0. The SMILES string of the molecule is COc1cc(C=O)ccc1OCCC(=O)c1ccc([N+](=O)[O-])cc1. The van der Waals surface area contributed by atoms with E-state index in [1.807, 2.05) is 0 Å². The number of non-ortho nitro benzene ring substituents is 1.